The van der Waals surface area contributed by atoms with Crippen LogP contribution in [0.25, 0.3) is 22.6 Å². The van der Waals surface area contributed by atoms with E-state index in [1.165, 1.54) is 6.39 Å². The molecule has 0 aliphatic carbocycles. The summed E-state index contributed by atoms with van der Waals surface area (Å²) in [5, 5.41) is 20.5. The summed E-state index contributed by atoms with van der Waals surface area (Å²) in [7, 11) is 0. The average Bonchev–Trinajstić information content (AvgIpc) is 3.48. The smallest absolute Gasteiger partial charge is 0.255 e. The van der Waals surface area contributed by atoms with Crippen molar-refractivity contribution in [1.29, 1.82) is 0 Å². The summed E-state index contributed by atoms with van der Waals surface area (Å²) >= 11 is 0. The fourth-order valence-corrected chi connectivity index (χ4v) is 4.72. The first-order chi connectivity index (χ1) is 18.5. The molecule has 10 heteroatoms. The van der Waals surface area contributed by atoms with E-state index in [0.717, 1.165) is 41.4 Å². The Bertz CT molecular complexity index is 1450. The largest absolute Gasteiger partial charge is 0.423 e. The number of aliphatic hydroxyl groups is 1. The number of nitrogens with one attached hydrogen (secondary N) is 1. The lowest BCUT2D eigenvalue weighted by molar-refractivity contribution is 0.102. The fourth-order valence-electron chi connectivity index (χ4n) is 4.72. The van der Waals surface area contributed by atoms with Crippen LogP contribution in [0.3, 0.4) is 0 Å². The number of hydrogen-bond acceptors (Lipinski definition) is 9. The van der Waals surface area contributed by atoms with Gasteiger partial charge in [0.25, 0.3) is 5.91 Å². The summed E-state index contributed by atoms with van der Waals surface area (Å²) in [4.78, 5) is 22.3. The van der Waals surface area contributed by atoms with Gasteiger partial charge in [-0.25, -0.2) is 4.98 Å². The van der Waals surface area contributed by atoms with E-state index in [0.29, 0.717) is 49.0 Å². The van der Waals surface area contributed by atoms with E-state index in [1.54, 1.807) is 18.2 Å². The number of anilines is 3. The normalized spacial score (nSPS) is 15.8. The Balaban J connectivity index is 1.30. The molecule has 2 aliphatic rings. The third-order valence-corrected chi connectivity index (χ3v) is 6.86. The second-order valence-electron chi connectivity index (χ2n) is 9.54. The summed E-state index contributed by atoms with van der Waals surface area (Å²) < 4.78 is 10.8. The molecule has 0 atom stereocenters. The molecule has 1 amide bonds. The highest BCUT2D eigenvalue weighted by molar-refractivity contribution is 6.05. The van der Waals surface area contributed by atoms with Crippen molar-refractivity contribution in [3.8, 4) is 22.6 Å². The van der Waals surface area contributed by atoms with Gasteiger partial charge >= 0.3 is 0 Å². The minimum atomic E-state index is -0.328. The van der Waals surface area contributed by atoms with E-state index >= 15 is 0 Å². The Hall–Kier alpha value is -4.28. The average molecular weight is 513 g/mol. The number of pyridine rings is 1. The number of β-amino-alcohol motifs (C(OH)–C–C–N with tert-alkyl or cyclic N) is 1. The van der Waals surface area contributed by atoms with Crippen LogP contribution in [0, 0.1) is 6.92 Å². The van der Waals surface area contributed by atoms with Crippen LogP contribution in [0.2, 0.25) is 0 Å². The SMILES string of the molecule is Cc1ccc(NC(=O)c2cccc(-c3nnco3)c2)cc1-c1cc(N2CCOCC2)nc(N2CC(O)C2)c1. The summed E-state index contributed by atoms with van der Waals surface area (Å²) in [6, 6.07) is 17.1. The van der Waals surface area contributed by atoms with E-state index in [2.05, 4.69) is 44.4 Å². The highest BCUT2D eigenvalue weighted by Crippen LogP contribution is 2.33. The van der Waals surface area contributed by atoms with Gasteiger partial charge in [-0.1, -0.05) is 12.1 Å². The Morgan fingerprint density at radius 3 is 2.53 bits per heavy atom. The minimum Gasteiger partial charge on any atom is -0.423 e. The molecule has 4 heterocycles. The number of rotatable bonds is 6. The standard InChI is InChI=1S/C28H28N6O4/c1-18-5-6-22(30-27(36)19-3-2-4-20(11-19)28-32-29-17-38-28)14-24(18)21-12-25(33-7-9-37-10-8-33)31-26(13-21)34-15-23(35)16-34/h2-6,11-14,17,23,35H,7-10,15-16H2,1H3,(H,30,36). The predicted octanol–water partition coefficient (Wildman–Crippen LogP) is 3.38. The highest BCUT2D eigenvalue weighted by Gasteiger charge is 2.27. The van der Waals surface area contributed by atoms with Crippen LogP contribution in [0.1, 0.15) is 15.9 Å². The van der Waals surface area contributed by atoms with E-state index in [4.69, 9.17) is 14.1 Å². The van der Waals surface area contributed by atoms with Crippen molar-refractivity contribution < 1.29 is 19.1 Å². The molecule has 6 rings (SSSR count). The number of hydrogen-bond donors (Lipinski definition) is 2. The van der Waals surface area contributed by atoms with Crippen molar-refractivity contribution in [2.75, 3.05) is 54.5 Å². The molecule has 2 aromatic carbocycles. The van der Waals surface area contributed by atoms with E-state index in [1.807, 2.05) is 24.3 Å². The maximum absolute atomic E-state index is 13.1. The molecule has 2 aromatic heterocycles. The van der Waals surface area contributed by atoms with Crippen LogP contribution in [-0.2, 0) is 4.74 Å². The van der Waals surface area contributed by atoms with Gasteiger partial charge in [0.1, 0.15) is 11.6 Å². The first kappa shape index (κ1) is 24.1. The van der Waals surface area contributed by atoms with E-state index in [9.17, 15) is 9.90 Å². The van der Waals surface area contributed by atoms with Gasteiger partial charge in [-0.2, -0.15) is 0 Å². The molecule has 2 fully saturated rings. The second-order valence-corrected chi connectivity index (χ2v) is 9.54. The summed E-state index contributed by atoms with van der Waals surface area (Å²) in [6.45, 7) is 6.06. The molecule has 194 valence electrons. The minimum absolute atomic E-state index is 0.236. The van der Waals surface area contributed by atoms with Crippen molar-refractivity contribution in [1.82, 2.24) is 15.2 Å². The number of benzene rings is 2. The van der Waals surface area contributed by atoms with Crippen LogP contribution >= 0.6 is 0 Å². The summed E-state index contributed by atoms with van der Waals surface area (Å²) in [5.74, 6) is 1.84. The van der Waals surface area contributed by atoms with Crippen LogP contribution < -0.4 is 15.1 Å². The third-order valence-electron chi connectivity index (χ3n) is 6.86. The number of carbonyl (C=O) groups is 1. The number of carbonyl (C=O) groups excluding carboxylic acids is 1. The van der Waals surface area contributed by atoms with Crippen molar-refractivity contribution in [2.24, 2.45) is 0 Å². The van der Waals surface area contributed by atoms with Gasteiger partial charge in [0, 0.05) is 43.0 Å². The topological polar surface area (TPSA) is 117 Å². The molecule has 2 saturated heterocycles. The molecule has 0 unspecified atom stereocenters. The Labute approximate surface area is 219 Å². The summed E-state index contributed by atoms with van der Waals surface area (Å²) in [5.41, 5.74) is 4.93. The monoisotopic (exact) mass is 512 g/mol. The van der Waals surface area contributed by atoms with Crippen molar-refractivity contribution in [3.63, 3.8) is 0 Å². The highest BCUT2D eigenvalue weighted by atomic mass is 16.5. The Morgan fingerprint density at radius 1 is 1.00 bits per heavy atom. The first-order valence-electron chi connectivity index (χ1n) is 12.6. The van der Waals surface area contributed by atoms with Gasteiger partial charge in [-0.05, 0) is 66.1 Å². The number of amides is 1. The fraction of sp³-hybridized carbons (Fsp3) is 0.286. The zero-order chi connectivity index (χ0) is 26.1. The van der Waals surface area contributed by atoms with Crippen LogP contribution in [0.4, 0.5) is 17.3 Å². The molecule has 2 N–H and O–H groups in total. The molecular formula is C28H28N6O4. The van der Waals surface area contributed by atoms with E-state index < -0.39 is 0 Å². The lowest BCUT2D eigenvalue weighted by Crippen LogP contribution is -2.51. The summed E-state index contributed by atoms with van der Waals surface area (Å²) in [6.07, 6.45) is 0.931. The molecule has 0 radical (unpaired) electrons. The molecule has 2 aliphatic heterocycles. The number of aliphatic hydroxyl groups excluding tert-OH is 1. The molecule has 10 nitrogen and oxygen atoms in total. The molecule has 0 bridgehead atoms. The lowest BCUT2D eigenvalue weighted by Gasteiger charge is -2.38. The van der Waals surface area contributed by atoms with Gasteiger partial charge < -0.3 is 29.4 Å². The van der Waals surface area contributed by atoms with Gasteiger partial charge in [0.15, 0.2) is 0 Å². The van der Waals surface area contributed by atoms with Crippen LogP contribution in [0.15, 0.2) is 65.4 Å². The third kappa shape index (κ3) is 4.96. The number of morpholine rings is 1. The van der Waals surface area contributed by atoms with Crippen molar-refractivity contribution >= 4 is 23.2 Å². The van der Waals surface area contributed by atoms with Crippen LogP contribution in [-0.4, -0.2) is 71.7 Å². The molecule has 0 saturated carbocycles. The maximum Gasteiger partial charge on any atom is 0.255 e. The molecular weight excluding hydrogens is 484 g/mol. The zero-order valence-corrected chi connectivity index (χ0v) is 21.0. The quantitative estimate of drug-likeness (QED) is 0.401. The van der Waals surface area contributed by atoms with Gasteiger partial charge in [-0.3, -0.25) is 4.79 Å². The second kappa shape index (κ2) is 10.2. The van der Waals surface area contributed by atoms with Gasteiger partial charge in [0.05, 0.1) is 19.3 Å². The van der Waals surface area contributed by atoms with Crippen molar-refractivity contribution in [2.45, 2.75) is 13.0 Å². The van der Waals surface area contributed by atoms with Gasteiger partial charge in [0.2, 0.25) is 12.3 Å². The molecule has 38 heavy (non-hydrogen) atoms. The number of ether oxygens (including phenoxy) is 1. The number of aromatic nitrogens is 3. The molecule has 4 aromatic rings. The predicted molar refractivity (Wildman–Crippen MR) is 143 cm³/mol. The Morgan fingerprint density at radius 2 is 1.79 bits per heavy atom. The van der Waals surface area contributed by atoms with Crippen molar-refractivity contribution in [3.05, 3.63) is 72.1 Å². The first-order valence-corrected chi connectivity index (χ1v) is 12.6. The van der Waals surface area contributed by atoms with Gasteiger partial charge in [-0.15, -0.1) is 10.2 Å². The van der Waals surface area contributed by atoms with E-state index in [-0.39, 0.29) is 12.0 Å². The molecule has 0 spiro atoms. The zero-order valence-electron chi connectivity index (χ0n) is 21.0. The maximum atomic E-state index is 13.1. The van der Waals surface area contributed by atoms with Crippen LogP contribution in [0.5, 0.6) is 0 Å². The number of aryl methyl sites for hydroxylation is 1. The number of nitrogens with zero attached hydrogens (tertiary/aromatic N) is 5. The Kier molecular flexibility index (Phi) is 6.48. The lowest BCUT2D eigenvalue weighted by atomic mass is 9.99.